The van der Waals surface area contributed by atoms with Gasteiger partial charge in [-0.15, -0.1) is 0 Å². The third-order valence-electron chi connectivity index (χ3n) is 2.80. The molecule has 1 aliphatic rings. The zero-order valence-electron chi connectivity index (χ0n) is 10.9. The van der Waals surface area contributed by atoms with Crippen LogP contribution in [0, 0.1) is 0 Å². The molecule has 1 heterocycles. The van der Waals surface area contributed by atoms with Gasteiger partial charge < -0.3 is 15.2 Å². The zero-order chi connectivity index (χ0) is 13.4. The fourth-order valence-corrected chi connectivity index (χ4v) is 1.91. The summed E-state index contributed by atoms with van der Waals surface area (Å²) in [6.45, 7) is 4.28. The number of hydrogen-bond acceptors (Lipinski definition) is 5. The Morgan fingerprint density at radius 2 is 2.28 bits per heavy atom. The quantitative estimate of drug-likeness (QED) is 0.476. The summed E-state index contributed by atoms with van der Waals surface area (Å²) in [5, 5.41) is 12.1. The Balaban J connectivity index is 2.01. The average molecular weight is 258 g/mol. The summed E-state index contributed by atoms with van der Waals surface area (Å²) in [6, 6.07) is 0. The van der Waals surface area contributed by atoms with Gasteiger partial charge in [-0.3, -0.25) is 14.5 Å². The van der Waals surface area contributed by atoms with Crippen LogP contribution in [0.3, 0.4) is 0 Å². The average Bonchev–Trinajstić information content (AvgIpc) is 2.70. The lowest BCUT2D eigenvalue weighted by Crippen LogP contribution is -2.37. The number of carbonyl (C=O) groups is 2. The van der Waals surface area contributed by atoms with Gasteiger partial charge in [0, 0.05) is 26.1 Å². The van der Waals surface area contributed by atoms with Gasteiger partial charge in [0.15, 0.2) is 0 Å². The van der Waals surface area contributed by atoms with Crippen LogP contribution in [0.1, 0.15) is 26.2 Å². The van der Waals surface area contributed by atoms with E-state index < -0.39 is 0 Å². The van der Waals surface area contributed by atoms with Crippen molar-refractivity contribution in [1.29, 1.82) is 0 Å². The summed E-state index contributed by atoms with van der Waals surface area (Å²) in [5.74, 6) is -0.289. The molecule has 6 heteroatoms. The van der Waals surface area contributed by atoms with E-state index in [1.54, 1.807) is 6.92 Å². The maximum absolute atomic E-state index is 11.5. The molecule has 0 aromatic carbocycles. The number of carbonyl (C=O) groups excluding carboxylic acids is 2. The highest BCUT2D eigenvalue weighted by Gasteiger charge is 2.21. The standard InChI is InChI=1S/C12H22N2O4/c1-2-18-12(17)4-3-6-13-11(16)9-14-7-5-10(15)8-14/h10,15H,2-9H2,1H3,(H,13,16)/t10-/m0/s1. The summed E-state index contributed by atoms with van der Waals surface area (Å²) < 4.78 is 4.78. The Bertz CT molecular complexity index is 283. The Morgan fingerprint density at radius 3 is 2.89 bits per heavy atom. The van der Waals surface area contributed by atoms with Crippen molar-refractivity contribution >= 4 is 11.9 Å². The van der Waals surface area contributed by atoms with E-state index in [0.717, 1.165) is 13.0 Å². The monoisotopic (exact) mass is 258 g/mol. The molecule has 18 heavy (non-hydrogen) atoms. The van der Waals surface area contributed by atoms with Crippen LogP contribution in [0.25, 0.3) is 0 Å². The Labute approximate surface area is 107 Å². The van der Waals surface area contributed by atoms with Gasteiger partial charge in [0.2, 0.25) is 5.91 Å². The molecule has 104 valence electrons. The van der Waals surface area contributed by atoms with E-state index in [9.17, 15) is 14.7 Å². The van der Waals surface area contributed by atoms with E-state index >= 15 is 0 Å². The van der Waals surface area contributed by atoms with E-state index in [4.69, 9.17) is 4.74 Å². The molecule has 1 aliphatic heterocycles. The lowest BCUT2D eigenvalue weighted by Gasteiger charge is -2.14. The first-order chi connectivity index (χ1) is 8.61. The number of nitrogens with zero attached hydrogens (tertiary/aromatic N) is 1. The molecule has 2 N–H and O–H groups in total. The first-order valence-corrected chi connectivity index (χ1v) is 6.44. The molecule has 0 unspecified atom stereocenters. The number of ether oxygens (including phenoxy) is 1. The highest BCUT2D eigenvalue weighted by molar-refractivity contribution is 5.78. The van der Waals surface area contributed by atoms with Gasteiger partial charge in [0.25, 0.3) is 0 Å². The molecule has 1 atom stereocenters. The Hall–Kier alpha value is -1.14. The second-order valence-corrected chi connectivity index (χ2v) is 4.44. The van der Waals surface area contributed by atoms with Gasteiger partial charge in [-0.2, -0.15) is 0 Å². The second kappa shape index (κ2) is 8.05. The summed E-state index contributed by atoms with van der Waals surface area (Å²) in [4.78, 5) is 24.5. The maximum Gasteiger partial charge on any atom is 0.305 e. The fourth-order valence-electron chi connectivity index (χ4n) is 1.91. The van der Waals surface area contributed by atoms with Gasteiger partial charge in [-0.1, -0.05) is 0 Å². The highest BCUT2D eigenvalue weighted by Crippen LogP contribution is 2.07. The lowest BCUT2D eigenvalue weighted by molar-refractivity contribution is -0.143. The van der Waals surface area contributed by atoms with Crippen molar-refractivity contribution in [3.63, 3.8) is 0 Å². The molecule has 0 spiro atoms. The summed E-state index contributed by atoms with van der Waals surface area (Å²) in [7, 11) is 0. The van der Waals surface area contributed by atoms with Crippen LogP contribution in [0.5, 0.6) is 0 Å². The predicted molar refractivity (Wildman–Crippen MR) is 65.9 cm³/mol. The minimum Gasteiger partial charge on any atom is -0.466 e. The first-order valence-electron chi connectivity index (χ1n) is 6.44. The van der Waals surface area contributed by atoms with Crippen molar-refractivity contribution in [3.05, 3.63) is 0 Å². The number of likely N-dealkylation sites (tertiary alicyclic amines) is 1. The SMILES string of the molecule is CCOC(=O)CCCNC(=O)CN1CC[C@H](O)C1. The lowest BCUT2D eigenvalue weighted by atomic mass is 10.3. The molecule has 1 saturated heterocycles. The number of esters is 1. The Morgan fingerprint density at radius 1 is 1.50 bits per heavy atom. The van der Waals surface area contributed by atoms with Crippen molar-refractivity contribution in [2.45, 2.75) is 32.3 Å². The van der Waals surface area contributed by atoms with Gasteiger partial charge >= 0.3 is 5.97 Å². The topological polar surface area (TPSA) is 78.9 Å². The number of aliphatic hydroxyl groups is 1. The number of amides is 1. The molecular weight excluding hydrogens is 236 g/mol. The molecule has 0 aliphatic carbocycles. The number of hydrogen-bond donors (Lipinski definition) is 2. The number of β-amino-alcohol motifs (C(OH)–C–C–N with tert-alkyl or cyclic N) is 1. The van der Waals surface area contributed by atoms with Crippen LogP contribution in [-0.2, 0) is 14.3 Å². The molecular formula is C12H22N2O4. The Kier molecular flexibility index (Phi) is 6.67. The van der Waals surface area contributed by atoms with E-state index in [-0.39, 0.29) is 18.0 Å². The molecule has 1 amide bonds. The minimum atomic E-state index is -0.304. The molecule has 0 radical (unpaired) electrons. The normalized spacial score (nSPS) is 19.8. The largest absolute Gasteiger partial charge is 0.466 e. The van der Waals surface area contributed by atoms with Crippen LogP contribution in [0.15, 0.2) is 0 Å². The summed E-state index contributed by atoms with van der Waals surface area (Å²) >= 11 is 0. The van der Waals surface area contributed by atoms with Gasteiger partial charge in [0.1, 0.15) is 0 Å². The first kappa shape index (κ1) is 14.9. The molecule has 1 fully saturated rings. The third-order valence-corrected chi connectivity index (χ3v) is 2.80. The van der Waals surface area contributed by atoms with Gasteiger partial charge in [0.05, 0.1) is 19.3 Å². The summed E-state index contributed by atoms with van der Waals surface area (Å²) in [5.41, 5.74) is 0. The van der Waals surface area contributed by atoms with E-state index in [2.05, 4.69) is 5.32 Å². The number of aliphatic hydroxyl groups excluding tert-OH is 1. The van der Waals surface area contributed by atoms with Gasteiger partial charge in [-0.25, -0.2) is 0 Å². The van der Waals surface area contributed by atoms with Crippen LogP contribution >= 0.6 is 0 Å². The van der Waals surface area contributed by atoms with Crippen molar-refractivity contribution in [2.75, 3.05) is 32.8 Å². The van der Waals surface area contributed by atoms with Crippen LogP contribution in [0.4, 0.5) is 0 Å². The maximum atomic E-state index is 11.5. The molecule has 0 saturated carbocycles. The van der Waals surface area contributed by atoms with E-state index in [0.29, 0.717) is 39.1 Å². The number of rotatable bonds is 7. The van der Waals surface area contributed by atoms with Crippen molar-refractivity contribution in [3.8, 4) is 0 Å². The molecule has 0 aromatic heterocycles. The number of nitrogens with one attached hydrogen (secondary N) is 1. The van der Waals surface area contributed by atoms with E-state index in [1.165, 1.54) is 0 Å². The fraction of sp³-hybridized carbons (Fsp3) is 0.833. The van der Waals surface area contributed by atoms with Gasteiger partial charge in [-0.05, 0) is 19.8 Å². The predicted octanol–water partition coefficient (Wildman–Crippen LogP) is -0.487. The van der Waals surface area contributed by atoms with Crippen molar-refractivity contribution in [1.82, 2.24) is 10.2 Å². The third kappa shape index (κ3) is 5.97. The minimum absolute atomic E-state index is 0.0621. The highest BCUT2D eigenvalue weighted by atomic mass is 16.5. The summed E-state index contributed by atoms with van der Waals surface area (Å²) in [6.07, 6.45) is 1.35. The molecule has 0 bridgehead atoms. The van der Waals surface area contributed by atoms with Crippen LogP contribution < -0.4 is 5.32 Å². The van der Waals surface area contributed by atoms with E-state index in [1.807, 2.05) is 4.90 Å². The van der Waals surface area contributed by atoms with Crippen LogP contribution in [-0.4, -0.2) is 60.8 Å². The van der Waals surface area contributed by atoms with Crippen molar-refractivity contribution < 1.29 is 19.4 Å². The van der Waals surface area contributed by atoms with Crippen molar-refractivity contribution in [2.24, 2.45) is 0 Å². The zero-order valence-corrected chi connectivity index (χ0v) is 10.9. The van der Waals surface area contributed by atoms with Crippen LogP contribution in [0.2, 0.25) is 0 Å². The molecule has 1 rings (SSSR count). The smallest absolute Gasteiger partial charge is 0.305 e. The molecule has 0 aromatic rings. The molecule has 6 nitrogen and oxygen atoms in total. The second-order valence-electron chi connectivity index (χ2n) is 4.44.